The fraction of sp³-hybridized carbons (Fsp3) is 0.294. The van der Waals surface area contributed by atoms with Crippen LogP contribution in [0.2, 0.25) is 0 Å². The van der Waals surface area contributed by atoms with Crippen molar-refractivity contribution in [1.29, 1.82) is 0 Å². The quantitative estimate of drug-likeness (QED) is 0.708. The molecule has 0 saturated carbocycles. The van der Waals surface area contributed by atoms with Crippen LogP contribution in [0.15, 0.2) is 42.5 Å². The normalized spacial score (nSPS) is 14.3. The molecular weight excluding hydrogens is 345 g/mol. The van der Waals surface area contributed by atoms with Gasteiger partial charge in [-0.2, -0.15) is 0 Å². The third-order valence-electron chi connectivity index (χ3n) is 3.74. The van der Waals surface area contributed by atoms with Crippen molar-refractivity contribution in [3.05, 3.63) is 62.7 Å². The summed E-state index contributed by atoms with van der Waals surface area (Å²) in [7, 11) is 0. The molecular formula is C17H18IN. The van der Waals surface area contributed by atoms with Gasteiger partial charge in [0.1, 0.15) is 0 Å². The largest absolute Gasteiger partial charge is 0.367 e. The smallest absolute Gasteiger partial charge is 0.0429 e. The van der Waals surface area contributed by atoms with Gasteiger partial charge in [-0.3, -0.25) is 0 Å². The second kappa shape index (κ2) is 5.53. The van der Waals surface area contributed by atoms with Crippen molar-refractivity contribution < 1.29 is 0 Å². The zero-order valence-electron chi connectivity index (χ0n) is 11.2. The maximum Gasteiger partial charge on any atom is 0.0429 e. The minimum absolute atomic E-state index is 1.02. The molecule has 0 aliphatic carbocycles. The Morgan fingerprint density at radius 3 is 2.68 bits per heavy atom. The number of halogens is 1. The zero-order chi connectivity index (χ0) is 13.2. The van der Waals surface area contributed by atoms with Crippen LogP contribution in [0.1, 0.15) is 23.1 Å². The summed E-state index contributed by atoms with van der Waals surface area (Å²) in [6.45, 7) is 4.37. The maximum atomic E-state index is 2.51. The van der Waals surface area contributed by atoms with Crippen LogP contribution in [0.5, 0.6) is 0 Å². The molecule has 0 fully saturated rings. The molecule has 2 aromatic rings. The highest BCUT2D eigenvalue weighted by atomic mass is 127. The van der Waals surface area contributed by atoms with Gasteiger partial charge in [0.2, 0.25) is 0 Å². The van der Waals surface area contributed by atoms with Gasteiger partial charge in [0, 0.05) is 22.3 Å². The van der Waals surface area contributed by atoms with E-state index >= 15 is 0 Å². The average molecular weight is 363 g/mol. The summed E-state index contributed by atoms with van der Waals surface area (Å²) in [6.07, 6.45) is 2.49. The van der Waals surface area contributed by atoms with Gasteiger partial charge in [0.15, 0.2) is 0 Å². The second-order valence-corrected chi connectivity index (χ2v) is 6.53. The molecule has 0 atom stereocenters. The predicted octanol–water partition coefficient (Wildman–Crippen LogP) is 4.55. The topological polar surface area (TPSA) is 3.24 Å². The molecule has 0 aromatic heterocycles. The first-order chi connectivity index (χ1) is 9.22. The van der Waals surface area contributed by atoms with Gasteiger partial charge < -0.3 is 4.90 Å². The number of benzene rings is 2. The van der Waals surface area contributed by atoms with Crippen molar-refractivity contribution in [3.8, 4) is 0 Å². The number of nitrogens with zero attached hydrogens (tertiary/aromatic N) is 1. The molecule has 1 aliphatic heterocycles. The van der Waals surface area contributed by atoms with E-state index in [4.69, 9.17) is 0 Å². The first-order valence-electron chi connectivity index (χ1n) is 6.81. The lowest BCUT2D eigenvalue weighted by atomic mass is 9.99. The SMILES string of the molecule is Cc1ccc2c(c1)CCCN2Cc1ccc(I)cc1. The molecule has 1 heterocycles. The molecule has 3 rings (SSSR count). The number of anilines is 1. The van der Waals surface area contributed by atoms with Crippen LogP contribution in [-0.4, -0.2) is 6.54 Å². The van der Waals surface area contributed by atoms with E-state index in [1.807, 2.05) is 0 Å². The Morgan fingerprint density at radius 1 is 1.11 bits per heavy atom. The molecule has 19 heavy (non-hydrogen) atoms. The van der Waals surface area contributed by atoms with Crippen molar-refractivity contribution >= 4 is 28.3 Å². The Hall–Kier alpha value is -1.03. The summed E-state index contributed by atoms with van der Waals surface area (Å²) in [5.41, 5.74) is 5.70. The average Bonchev–Trinajstić information content (AvgIpc) is 2.41. The zero-order valence-corrected chi connectivity index (χ0v) is 13.4. The Kier molecular flexibility index (Phi) is 3.78. The van der Waals surface area contributed by atoms with E-state index in [1.54, 1.807) is 0 Å². The molecule has 0 saturated heterocycles. The van der Waals surface area contributed by atoms with E-state index in [1.165, 1.54) is 45.3 Å². The van der Waals surface area contributed by atoms with Crippen molar-refractivity contribution in [1.82, 2.24) is 0 Å². The summed E-state index contributed by atoms with van der Waals surface area (Å²) >= 11 is 2.36. The highest BCUT2D eigenvalue weighted by Crippen LogP contribution is 2.29. The Labute approximate surface area is 128 Å². The highest BCUT2D eigenvalue weighted by Gasteiger charge is 2.16. The van der Waals surface area contributed by atoms with Crippen LogP contribution in [0, 0.1) is 10.5 Å². The summed E-state index contributed by atoms with van der Waals surface area (Å²) in [4.78, 5) is 2.51. The van der Waals surface area contributed by atoms with E-state index in [9.17, 15) is 0 Å². The van der Waals surface area contributed by atoms with Crippen LogP contribution in [0.4, 0.5) is 5.69 Å². The molecule has 0 N–H and O–H groups in total. The van der Waals surface area contributed by atoms with E-state index in [2.05, 4.69) is 76.9 Å². The summed E-state index contributed by atoms with van der Waals surface area (Å²) in [5.74, 6) is 0. The lowest BCUT2D eigenvalue weighted by Gasteiger charge is -2.31. The van der Waals surface area contributed by atoms with Crippen LogP contribution < -0.4 is 4.90 Å². The summed E-state index contributed by atoms with van der Waals surface area (Å²) in [5, 5.41) is 0. The summed E-state index contributed by atoms with van der Waals surface area (Å²) in [6, 6.07) is 15.7. The molecule has 0 amide bonds. The molecule has 98 valence electrons. The van der Waals surface area contributed by atoms with Gasteiger partial charge >= 0.3 is 0 Å². The van der Waals surface area contributed by atoms with Gasteiger partial charge in [0.25, 0.3) is 0 Å². The van der Waals surface area contributed by atoms with Crippen LogP contribution in [0.25, 0.3) is 0 Å². The number of aryl methyl sites for hydroxylation is 2. The molecule has 0 unspecified atom stereocenters. The first kappa shape index (κ1) is 13.0. The standard InChI is InChI=1S/C17H18IN/c1-13-4-9-17-15(11-13)3-2-10-19(17)12-14-5-7-16(18)8-6-14/h4-9,11H,2-3,10,12H2,1H3. The summed E-state index contributed by atoms with van der Waals surface area (Å²) < 4.78 is 1.30. The van der Waals surface area contributed by atoms with Crippen LogP contribution >= 0.6 is 22.6 Å². The first-order valence-corrected chi connectivity index (χ1v) is 7.89. The Balaban J connectivity index is 1.85. The van der Waals surface area contributed by atoms with E-state index in [0.29, 0.717) is 0 Å². The van der Waals surface area contributed by atoms with Gasteiger partial charge in [-0.15, -0.1) is 0 Å². The molecule has 2 aromatic carbocycles. The van der Waals surface area contributed by atoms with Gasteiger partial charge in [-0.1, -0.05) is 29.8 Å². The van der Waals surface area contributed by atoms with Crippen LogP contribution in [-0.2, 0) is 13.0 Å². The lowest BCUT2D eigenvalue weighted by Crippen LogP contribution is -2.28. The number of hydrogen-bond donors (Lipinski definition) is 0. The molecule has 1 nitrogen and oxygen atoms in total. The molecule has 2 heteroatoms. The monoisotopic (exact) mass is 363 g/mol. The van der Waals surface area contributed by atoms with E-state index in [0.717, 1.165) is 6.54 Å². The number of fused-ring (bicyclic) bond motifs is 1. The minimum atomic E-state index is 1.02. The van der Waals surface area contributed by atoms with Crippen molar-refractivity contribution in [2.45, 2.75) is 26.3 Å². The van der Waals surface area contributed by atoms with Gasteiger partial charge in [0.05, 0.1) is 0 Å². The van der Waals surface area contributed by atoms with Crippen LogP contribution in [0.3, 0.4) is 0 Å². The highest BCUT2D eigenvalue weighted by molar-refractivity contribution is 14.1. The third kappa shape index (κ3) is 2.94. The Morgan fingerprint density at radius 2 is 1.89 bits per heavy atom. The predicted molar refractivity (Wildman–Crippen MR) is 89.7 cm³/mol. The maximum absolute atomic E-state index is 2.51. The van der Waals surface area contributed by atoms with Crippen molar-refractivity contribution in [2.24, 2.45) is 0 Å². The third-order valence-corrected chi connectivity index (χ3v) is 4.46. The fourth-order valence-electron chi connectivity index (χ4n) is 2.78. The lowest BCUT2D eigenvalue weighted by molar-refractivity contribution is 0.690. The fourth-order valence-corrected chi connectivity index (χ4v) is 3.14. The van der Waals surface area contributed by atoms with Gasteiger partial charge in [-0.25, -0.2) is 0 Å². The molecule has 1 aliphatic rings. The number of rotatable bonds is 2. The molecule has 0 bridgehead atoms. The van der Waals surface area contributed by atoms with Crippen molar-refractivity contribution in [2.75, 3.05) is 11.4 Å². The molecule has 0 radical (unpaired) electrons. The molecule has 0 spiro atoms. The van der Waals surface area contributed by atoms with Crippen molar-refractivity contribution in [3.63, 3.8) is 0 Å². The second-order valence-electron chi connectivity index (χ2n) is 5.28. The minimum Gasteiger partial charge on any atom is -0.367 e. The van der Waals surface area contributed by atoms with E-state index in [-0.39, 0.29) is 0 Å². The van der Waals surface area contributed by atoms with Gasteiger partial charge in [-0.05, 0) is 71.7 Å². The van der Waals surface area contributed by atoms with E-state index < -0.39 is 0 Å². The Bertz CT molecular complexity index is 574. The number of hydrogen-bond acceptors (Lipinski definition) is 1.